The molecule has 1 rings (SSSR count). The van der Waals surface area contributed by atoms with E-state index >= 15 is 0 Å². The lowest BCUT2D eigenvalue weighted by atomic mass is 10.1. The molecule has 0 saturated carbocycles. The van der Waals surface area contributed by atoms with E-state index in [0.717, 1.165) is 12.1 Å². The molecule has 0 heterocycles. The van der Waals surface area contributed by atoms with E-state index in [-0.39, 0.29) is 5.91 Å². The Morgan fingerprint density at radius 2 is 1.41 bits per heavy atom. The lowest BCUT2D eigenvalue weighted by Gasteiger charge is -2.09. The maximum atomic E-state index is 12.1. The van der Waals surface area contributed by atoms with E-state index in [1.807, 2.05) is 26.0 Å². The highest BCUT2D eigenvalue weighted by Crippen LogP contribution is 2.03. The van der Waals surface area contributed by atoms with E-state index in [2.05, 4.69) is 36.3 Å². The van der Waals surface area contributed by atoms with Crippen LogP contribution in [0.4, 0.5) is 0 Å². The minimum absolute atomic E-state index is 0.114. The number of hydrogen-bond donors (Lipinski definition) is 2. The molecule has 1 aromatic carbocycles. The van der Waals surface area contributed by atoms with Crippen molar-refractivity contribution < 1.29 is 19.0 Å². The summed E-state index contributed by atoms with van der Waals surface area (Å²) >= 11 is 0. The molecule has 2 N–H and O–H groups in total. The Labute approximate surface area is 175 Å². The molecule has 1 aromatic rings. The number of hydrogen-bond acceptors (Lipinski definition) is 5. The highest BCUT2D eigenvalue weighted by atomic mass is 16.5. The van der Waals surface area contributed by atoms with Crippen LogP contribution in [0.15, 0.2) is 24.3 Å². The van der Waals surface area contributed by atoms with Crippen molar-refractivity contribution in [1.29, 1.82) is 0 Å². The number of carbonyl (C=O) groups is 1. The van der Waals surface area contributed by atoms with Crippen molar-refractivity contribution in [2.45, 2.75) is 33.7 Å². The molecule has 29 heavy (non-hydrogen) atoms. The maximum Gasteiger partial charge on any atom is 0.251 e. The van der Waals surface area contributed by atoms with Gasteiger partial charge in [-0.15, -0.1) is 0 Å². The molecule has 0 radical (unpaired) electrons. The SMILES string of the molecule is CC(C)C#Cc1ccc(C(=O)NCCOCCOCCOCCNC(C)C)cc1. The van der Waals surface area contributed by atoms with Crippen LogP contribution in [-0.2, 0) is 14.2 Å². The average Bonchev–Trinajstić information content (AvgIpc) is 2.69. The van der Waals surface area contributed by atoms with Gasteiger partial charge in [-0.25, -0.2) is 0 Å². The first-order valence-electron chi connectivity index (χ1n) is 10.4. The molecule has 0 atom stereocenters. The summed E-state index contributed by atoms with van der Waals surface area (Å²) in [5.74, 6) is 6.40. The molecule has 0 aliphatic carbocycles. The van der Waals surface area contributed by atoms with Crippen LogP contribution < -0.4 is 10.6 Å². The molecule has 6 heteroatoms. The van der Waals surface area contributed by atoms with Gasteiger partial charge in [-0.05, 0) is 24.3 Å². The molecule has 6 nitrogen and oxygen atoms in total. The smallest absolute Gasteiger partial charge is 0.251 e. The Morgan fingerprint density at radius 3 is 1.97 bits per heavy atom. The van der Waals surface area contributed by atoms with Gasteiger partial charge in [-0.2, -0.15) is 0 Å². The summed E-state index contributed by atoms with van der Waals surface area (Å²) in [6, 6.07) is 7.78. The number of amides is 1. The van der Waals surface area contributed by atoms with E-state index in [1.54, 1.807) is 12.1 Å². The van der Waals surface area contributed by atoms with Crippen LogP contribution in [0.2, 0.25) is 0 Å². The van der Waals surface area contributed by atoms with Crippen molar-refractivity contribution in [3.05, 3.63) is 35.4 Å². The van der Waals surface area contributed by atoms with E-state index < -0.39 is 0 Å². The van der Waals surface area contributed by atoms with Crippen LogP contribution in [0.25, 0.3) is 0 Å². The Hall–Kier alpha value is -1.91. The van der Waals surface area contributed by atoms with Gasteiger partial charge in [0.25, 0.3) is 5.91 Å². The zero-order valence-corrected chi connectivity index (χ0v) is 18.3. The van der Waals surface area contributed by atoms with E-state index in [9.17, 15) is 4.79 Å². The fourth-order valence-corrected chi connectivity index (χ4v) is 2.23. The zero-order chi connectivity index (χ0) is 21.3. The predicted molar refractivity (Wildman–Crippen MR) is 116 cm³/mol. The second-order valence-corrected chi connectivity index (χ2v) is 7.20. The summed E-state index contributed by atoms with van der Waals surface area (Å²) in [6.45, 7) is 12.9. The van der Waals surface area contributed by atoms with Crippen LogP contribution in [0.1, 0.15) is 43.6 Å². The molecule has 0 aromatic heterocycles. The van der Waals surface area contributed by atoms with Crippen molar-refractivity contribution in [3.63, 3.8) is 0 Å². The summed E-state index contributed by atoms with van der Waals surface area (Å²) in [7, 11) is 0. The van der Waals surface area contributed by atoms with E-state index in [1.165, 1.54) is 0 Å². The number of nitrogens with one attached hydrogen (secondary N) is 2. The topological polar surface area (TPSA) is 68.8 Å². The monoisotopic (exact) mass is 404 g/mol. The Morgan fingerprint density at radius 1 is 0.862 bits per heavy atom. The second kappa shape index (κ2) is 15.9. The van der Waals surface area contributed by atoms with Crippen LogP contribution in [-0.4, -0.2) is 64.7 Å². The van der Waals surface area contributed by atoms with Crippen molar-refractivity contribution >= 4 is 5.91 Å². The van der Waals surface area contributed by atoms with Gasteiger partial charge in [-0.1, -0.05) is 39.5 Å². The van der Waals surface area contributed by atoms with Gasteiger partial charge in [0, 0.05) is 36.2 Å². The van der Waals surface area contributed by atoms with Gasteiger partial charge in [-0.3, -0.25) is 4.79 Å². The minimum atomic E-state index is -0.114. The first-order valence-corrected chi connectivity index (χ1v) is 10.4. The Balaban J connectivity index is 1.99. The van der Waals surface area contributed by atoms with Crippen LogP contribution in [0.3, 0.4) is 0 Å². The molecule has 0 fully saturated rings. The van der Waals surface area contributed by atoms with Gasteiger partial charge >= 0.3 is 0 Å². The lowest BCUT2D eigenvalue weighted by molar-refractivity contribution is 0.0155. The first-order chi connectivity index (χ1) is 14.0. The van der Waals surface area contributed by atoms with Gasteiger partial charge < -0.3 is 24.8 Å². The normalized spacial score (nSPS) is 10.8. The molecule has 162 valence electrons. The molecule has 0 aliphatic rings. The van der Waals surface area contributed by atoms with E-state index in [4.69, 9.17) is 14.2 Å². The summed E-state index contributed by atoms with van der Waals surface area (Å²) in [5.41, 5.74) is 1.53. The van der Waals surface area contributed by atoms with Crippen LogP contribution in [0, 0.1) is 17.8 Å². The molecule has 1 amide bonds. The second-order valence-electron chi connectivity index (χ2n) is 7.20. The number of carbonyl (C=O) groups excluding carboxylic acids is 1. The quantitative estimate of drug-likeness (QED) is 0.368. The zero-order valence-electron chi connectivity index (χ0n) is 18.3. The van der Waals surface area contributed by atoms with Gasteiger partial charge in [0.1, 0.15) is 0 Å². The van der Waals surface area contributed by atoms with Gasteiger partial charge in [0.15, 0.2) is 0 Å². The van der Waals surface area contributed by atoms with Gasteiger partial charge in [0.05, 0.1) is 39.6 Å². The molecule has 0 aliphatic heterocycles. The fourth-order valence-electron chi connectivity index (χ4n) is 2.23. The highest BCUT2D eigenvalue weighted by Gasteiger charge is 2.04. The van der Waals surface area contributed by atoms with Crippen molar-refractivity contribution in [2.24, 2.45) is 5.92 Å². The lowest BCUT2D eigenvalue weighted by Crippen LogP contribution is -2.27. The maximum absolute atomic E-state index is 12.1. The Kier molecular flexibility index (Phi) is 13.8. The summed E-state index contributed by atoms with van der Waals surface area (Å²) in [6.07, 6.45) is 0. The molecule has 0 bridgehead atoms. The third-order valence-corrected chi connectivity index (χ3v) is 3.73. The third-order valence-electron chi connectivity index (χ3n) is 3.73. The molecular formula is C23H36N2O4. The summed E-state index contributed by atoms with van der Waals surface area (Å²) in [4.78, 5) is 12.1. The third kappa shape index (κ3) is 13.8. The Bertz CT molecular complexity index is 618. The minimum Gasteiger partial charge on any atom is -0.378 e. The van der Waals surface area contributed by atoms with Crippen LogP contribution >= 0.6 is 0 Å². The number of rotatable bonds is 14. The van der Waals surface area contributed by atoms with E-state index in [0.29, 0.717) is 63.7 Å². The largest absolute Gasteiger partial charge is 0.378 e. The first kappa shape index (κ1) is 25.1. The summed E-state index contributed by atoms with van der Waals surface area (Å²) < 4.78 is 16.3. The van der Waals surface area contributed by atoms with Crippen LogP contribution in [0.5, 0.6) is 0 Å². The fraction of sp³-hybridized carbons (Fsp3) is 0.609. The predicted octanol–water partition coefficient (Wildman–Crippen LogP) is 2.47. The number of ether oxygens (including phenoxy) is 3. The molecule has 0 unspecified atom stereocenters. The summed E-state index contributed by atoms with van der Waals surface area (Å²) in [5, 5.41) is 6.13. The van der Waals surface area contributed by atoms with Crippen molar-refractivity contribution in [2.75, 3.05) is 52.7 Å². The average molecular weight is 405 g/mol. The highest BCUT2D eigenvalue weighted by molar-refractivity contribution is 5.94. The number of benzene rings is 1. The van der Waals surface area contributed by atoms with Gasteiger partial charge in [0.2, 0.25) is 0 Å². The van der Waals surface area contributed by atoms with Crippen molar-refractivity contribution in [3.8, 4) is 11.8 Å². The molecular weight excluding hydrogens is 368 g/mol. The molecule has 0 spiro atoms. The molecule has 0 saturated heterocycles. The standard InChI is InChI=1S/C23H36N2O4/c1-19(2)5-6-21-7-9-22(10-8-21)23(26)25-12-14-28-16-18-29-17-15-27-13-11-24-20(3)4/h7-10,19-20,24H,11-18H2,1-4H3,(H,25,26). The van der Waals surface area contributed by atoms with Crippen molar-refractivity contribution in [1.82, 2.24) is 10.6 Å².